The fourth-order valence-corrected chi connectivity index (χ4v) is 1.84. The number of fused-ring (bicyclic) bond motifs is 1. The summed E-state index contributed by atoms with van der Waals surface area (Å²) in [7, 11) is 0. The van der Waals surface area contributed by atoms with Crippen LogP contribution in [0.1, 0.15) is 0 Å². The van der Waals surface area contributed by atoms with Crippen molar-refractivity contribution in [2.45, 2.75) is 5.16 Å². The van der Waals surface area contributed by atoms with Gasteiger partial charge in [0.15, 0.2) is 0 Å². The third-order valence-corrected chi connectivity index (χ3v) is 2.87. The molecule has 3 aromatic heterocycles. The average Bonchev–Trinajstić information content (AvgIpc) is 2.84. The Morgan fingerprint density at radius 3 is 2.72 bits per heavy atom. The molecule has 0 radical (unpaired) electrons. The van der Waals surface area contributed by atoms with E-state index in [4.69, 9.17) is 0 Å². The summed E-state index contributed by atoms with van der Waals surface area (Å²) in [5.41, 5.74) is 0. The number of aromatic nitrogens is 6. The first-order chi connectivity index (χ1) is 8.79. The van der Waals surface area contributed by atoms with Gasteiger partial charge in [-0.3, -0.25) is 0 Å². The fourth-order valence-electron chi connectivity index (χ4n) is 1.50. The van der Waals surface area contributed by atoms with Crippen molar-refractivity contribution in [2.24, 2.45) is 0 Å². The normalized spacial score (nSPS) is 10.9. The Bertz CT molecular complexity index is 698. The summed E-state index contributed by atoms with van der Waals surface area (Å²) in [5.74, 6) is 0.0642. The second-order valence-electron chi connectivity index (χ2n) is 3.42. The van der Waals surface area contributed by atoms with Crippen LogP contribution in [0.15, 0.2) is 35.7 Å². The van der Waals surface area contributed by atoms with Crippen LogP contribution in [0.2, 0.25) is 0 Å². The average molecular weight is 260 g/mol. The zero-order valence-corrected chi connectivity index (χ0v) is 10.2. The van der Waals surface area contributed by atoms with Crippen molar-refractivity contribution in [1.29, 1.82) is 0 Å². The highest BCUT2D eigenvalue weighted by Gasteiger charge is 2.16. The molecule has 0 fully saturated rings. The molecule has 0 atom stereocenters. The lowest BCUT2D eigenvalue weighted by molar-refractivity contribution is -0.604. The molecule has 8 heteroatoms. The molecule has 0 unspecified atom stereocenters. The molecule has 0 spiro atoms. The maximum absolute atomic E-state index is 12.2. The largest absolute Gasteiger partial charge is 0.853 e. The van der Waals surface area contributed by atoms with E-state index in [1.165, 1.54) is 11.8 Å². The first kappa shape index (κ1) is 10.9. The molecule has 0 saturated carbocycles. The predicted octanol–water partition coefficient (Wildman–Crippen LogP) is -0.409. The van der Waals surface area contributed by atoms with E-state index in [1.54, 1.807) is 29.1 Å². The lowest BCUT2D eigenvalue weighted by atomic mass is 10.5. The zero-order chi connectivity index (χ0) is 12.5. The number of rotatable bonds is 2. The van der Waals surface area contributed by atoms with Crippen molar-refractivity contribution in [3.63, 3.8) is 0 Å². The molecule has 90 valence electrons. The Balaban J connectivity index is 2.23. The van der Waals surface area contributed by atoms with Crippen molar-refractivity contribution in [3.05, 3.63) is 30.6 Å². The molecule has 3 heterocycles. The highest BCUT2D eigenvalue weighted by atomic mass is 32.2. The van der Waals surface area contributed by atoms with Crippen LogP contribution >= 0.6 is 11.8 Å². The van der Waals surface area contributed by atoms with Crippen molar-refractivity contribution >= 4 is 17.5 Å². The van der Waals surface area contributed by atoms with Crippen molar-refractivity contribution in [3.8, 4) is 11.7 Å². The molecule has 0 aliphatic rings. The van der Waals surface area contributed by atoms with Crippen LogP contribution in [0.3, 0.4) is 0 Å². The van der Waals surface area contributed by atoms with Crippen LogP contribution < -0.4 is 9.67 Å². The van der Waals surface area contributed by atoms with Gasteiger partial charge in [0, 0.05) is 5.10 Å². The minimum atomic E-state index is -0.344. The molecule has 7 nitrogen and oxygen atoms in total. The van der Waals surface area contributed by atoms with E-state index in [0.29, 0.717) is 5.16 Å². The van der Waals surface area contributed by atoms with E-state index in [2.05, 4.69) is 20.3 Å². The summed E-state index contributed by atoms with van der Waals surface area (Å²) in [4.78, 5) is 4.06. The second kappa shape index (κ2) is 4.22. The lowest BCUT2D eigenvalue weighted by Gasteiger charge is -2.06. The summed E-state index contributed by atoms with van der Waals surface area (Å²) < 4.78 is 2.75. The van der Waals surface area contributed by atoms with Crippen molar-refractivity contribution < 1.29 is 9.67 Å². The molecule has 0 amide bonds. The summed E-state index contributed by atoms with van der Waals surface area (Å²) in [6.45, 7) is 0. The molecule has 3 rings (SSSR count). The minimum Gasteiger partial charge on any atom is -0.853 e. The minimum absolute atomic E-state index is 0.195. The molecule has 0 aliphatic carbocycles. The molecule has 18 heavy (non-hydrogen) atoms. The van der Waals surface area contributed by atoms with Gasteiger partial charge in [-0.15, -0.1) is 5.10 Å². The lowest BCUT2D eigenvalue weighted by Crippen LogP contribution is -2.33. The van der Waals surface area contributed by atoms with Crippen molar-refractivity contribution in [1.82, 2.24) is 24.8 Å². The number of hydrogen-bond acceptors (Lipinski definition) is 6. The Morgan fingerprint density at radius 1 is 1.22 bits per heavy atom. The topological polar surface area (TPSA) is 82.9 Å². The van der Waals surface area contributed by atoms with E-state index in [1.807, 2.05) is 12.3 Å². The van der Waals surface area contributed by atoms with E-state index in [9.17, 15) is 5.11 Å². The van der Waals surface area contributed by atoms with E-state index < -0.39 is 0 Å². The smallest absolute Gasteiger partial charge is 0.366 e. The van der Waals surface area contributed by atoms with Gasteiger partial charge in [0.1, 0.15) is 0 Å². The third-order valence-electron chi connectivity index (χ3n) is 2.33. The molecule has 0 bridgehead atoms. The Labute approximate surface area is 106 Å². The first-order valence-electron chi connectivity index (χ1n) is 5.11. The van der Waals surface area contributed by atoms with E-state index >= 15 is 0 Å². The van der Waals surface area contributed by atoms with Gasteiger partial charge in [-0.2, -0.15) is 9.50 Å². The van der Waals surface area contributed by atoms with Crippen LogP contribution in [-0.4, -0.2) is 31.1 Å². The van der Waals surface area contributed by atoms with Crippen LogP contribution in [0.5, 0.6) is 5.88 Å². The summed E-state index contributed by atoms with van der Waals surface area (Å²) in [5, 5.41) is 24.5. The van der Waals surface area contributed by atoms with Gasteiger partial charge in [-0.05, 0) is 18.4 Å². The van der Waals surface area contributed by atoms with Gasteiger partial charge in [-0.25, -0.2) is 4.57 Å². The Morgan fingerprint density at radius 2 is 2.00 bits per heavy atom. The molecule has 0 N–H and O–H groups in total. The maximum atomic E-state index is 12.2. The van der Waals surface area contributed by atoms with Crippen LogP contribution in [0, 0.1) is 0 Å². The quantitative estimate of drug-likeness (QED) is 0.460. The SMILES string of the molecule is CSc1nc2nnc(-[n+]3ccccc3)c([O-])n2n1. The predicted molar refractivity (Wildman–Crippen MR) is 61.3 cm³/mol. The van der Waals surface area contributed by atoms with Crippen LogP contribution in [-0.2, 0) is 0 Å². The second-order valence-corrected chi connectivity index (χ2v) is 4.20. The maximum Gasteiger partial charge on any atom is 0.366 e. The molecule has 0 saturated heterocycles. The number of nitrogens with zero attached hydrogens (tertiary/aromatic N) is 6. The van der Waals surface area contributed by atoms with E-state index in [-0.39, 0.29) is 17.5 Å². The molecular weight excluding hydrogens is 252 g/mol. The van der Waals surface area contributed by atoms with Gasteiger partial charge in [0.2, 0.25) is 5.16 Å². The highest BCUT2D eigenvalue weighted by Crippen LogP contribution is 2.14. The standard InChI is InChI=1S/C10H8N6OS/c1-18-10-11-9-13-12-7(8(17)16(9)14-10)15-5-3-2-4-6-15/h2-6H,1H3. The number of pyridine rings is 1. The van der Waals surface area contributed by atoms with Gasteiger partial charge in [-0.1, -0.05) is 17.8 Å². The van der Waals surface area contributed by atoms with E-state index in [0.717, 1.165) is 4.52 Å². The van der Waals surface area contributed by atoms with Crippen LogP contribution in [0.4, 0.5) is 0 Å². The molecule has 0 aromatic carbocycles. The van der Waals surface area contributed by atoms with Gasteiger partial charge < -0.3 is 5.11 Å². The van der Waals surface area contributed by atoms with Gasteiger partial charge in [0.05, 0.1) is 23.4 Å². The van der Waals surface area contributed by atoms with Gasteiger partial charge in [0.25, 0.3) is 5.78 Å². The number of hydrogen-bond donors (Lipinski definition) is 0. The fraction of sp³-hybridized carbons (Fsp3) is 0.100. The summed E-state index contributed by atoms with van der Waals surface area (Å²) >= 11 is 1.35. The Kier molecular flexibility index (Phi) is 2.56. The van der Waals surface area contributed by atoms with Crippen molar-refractivity contribution in [2.75, 3.05) is 6.26 Å². The molecule has 3 aromatic rings. The number of thioether (sulfide) groups is 1. The summed E-state index contributed by atoms with van der Waals surface area (Å²) in [6, 6.07) is 5.47. The van der Waals surface area contributed by atoms with Crippen LogP contribution in [0.25, 0.3) is 11.6 Å². The highest BCUT2D eigenvalue weighted by molar-refractivity contribution is 7.98. The summed E-state index contributed by atoms with van der Waals surface area (Å²) in [6.07, 6.45) is 5.28. The molecular formula is C10H8N6OS. The first-order valence-corrected chi connectivity index (χ1v) is 6.33. The third kappa shape index (κ3) is 1.66. The molecule has 0 aliphatic heterocycles. The Hall–Kier alpha value is -2.22. The monoisotopic (exact) mass is 260 g/mol. The van der Waals surface area contributed by atoms with Gasteiger partial charge >= 0.3 is 5.82 Å². The zero-order valence-electron chi connectivity index (χ0n) is 9.39.